The first-order chi connectivity index (χ1) is 9.11. The monoisotopic (exact) mass is 258 g/mol. The molecule has 0 spiro atoms. The molecule has 1 saturated heterocycles. The maximum Gasteiger partial charge on any atom is 0.242 e. The number of nitrogens with two attached hydrogens (primary N) is 1. The summed E-state index contributed by atoms with van der Waals surface area (Å²) in [6.07, 6.45) is 2.19. The second kappa shape index (κ2) is 5.61. The predicted molar refractivity (Wildman–Crippen MR) is 74.7 cm³/mol. The Morgan fingerprint density at radius 3 is 2.79 bits per heavy atom. The van der Waals surface area contributed by atoms with E-state index in [0.29, 0.717) is 17.8 Å². The fourth-order valence-electron chi connectivity index (χ4n) is 2.24. The Balaban J connectivity index is 2.05. The van der Waals surface area contributed by atoms with E-state index in [1.54, 1.807) is 12.1 Å². The summed E-state index contributed by atoms with van der Waals surface area (Å²) < 4.78 is 0. The van der Waals surface area contributed by atoms with Crippen LogP contribution < -0.4 is 10.6 Å². The zero-order valence-corrected chi connectivity index (χ0v) is 11.1. The topological polar surface area (TPSA) is 73.4 Å². The average molecular weight is 258 g/mol. The van der Waals surface area contributed by atoms with Gasteiger partial charge in [0.05, 0.1) is 12.1 Å². The molecule has 0 bridgehead atoms. The van der Waals surface area contributed by atoms with Gasteiger partial charge in [-0.1, -0.05) is 0 Å². The first-order valence-corrected chi connectivity index (χ1v) is 6.40. The Bertz CT molecular complexity index is 515. The molecule has 1 fully saturated rings. The normalized spacial score (nSPS) is 14.2. The van der Waals surface area contributed by atoms with Crippen molar-refractivity contribution in [2.45, 2.75) is 12.8 Å². The highest BCUT2D eigenvalue weighted by Crippen LogP contribution is 2.20. The lowest BCUT2D eigenvalue weighted by Crippen LogP contribution is -2.37. The number of carbonyl (C=O) groups excluding carboxylic acids is 1. The molecule has 1 aliphatic heterocycles. The van der Waals surface area contributed by atoms with Gasteiger partial charge in [-0.15, -0.1) is 0 Å². The molecule has 1 aromatic rings. The quantitative estimate of drug-likeness (QED) is 0.827. The molecule has 100 valence electrons. The number of likely N-dealkylation sites (tertiary alicyclic amines) is 1. The molecule has 2 rings (SSSR count). The standard InChI is InChI=1S/C14H18N4O/c1-17(10-14(19)18-6-2-3-7-18)12-4-5-13(16)11(8-12)9-15/h4-5,8H,2-3,6-7,10,16H2,1H3. The minimum atomic E-state index is 0.135. The van der Waals surface area contributed by atoms with Gasteiger partial charge < -0.3 is 15.5 Å². The van der Waals surface area contributed by atoms with E-state index in [1.165, 1.54) is 0 Å². The summed E-state index contributed by atoms with van der Waals surface area (Å²) in [5.41, 5.74) is 7.42. The Morgan fingerprint density at radius 1 is 1.47 bits per heavy atom. The van der Waals surface area contributed by atoms with Crippen molar-refractivity contribution in [2.24, 2.45) is 0 Å². The molecule has 0 unspecified atom stereocenters. The highest BCUT2D eigenvalue weighted by molar-refractivity contribution is 5.82. The zero-order chi connectivity index (χ0) is 13.8. The van der Waals surface area contributed by atoms with Crippen molar-refractivity contribution in [1.29, 1.82) is 5.26 Å². The van der Waals surface area contributed by atoms with E-state index < -0.39 is 0 Å². The molecule has 1 aliphatic rings. The largest absolute Gasteiger partial charge is 0.398 e. The van der Waals surface area contributed by atoms with Gasteiger partial charge in [-0.25, -0.2) is 0 Å². The van der Waals surface area contributed by atoms with Crippen LogP contribution in [-0.2, 0) is 4.79 Å². The first-order valence-electron chi connectivity index (χ1n) is 6.40. The molecular formula is C14H18N4O. The van der Waals surface area contributed by atoms with Crippen molar-refractivity contribution in [3.05, 3.63) is 23.8 Å². The Kier molecular flexibility index (Phi) is 3.91. The third-order valence-electron chi connectivity index (χ3n) is 3.43. The van der Waals surface area contributed by atoms with Crippen LogP contribution in [0.1, 0.15) is 18.4 Å². The fraction of sp³-hybridized carbons (Fsp3) is 0.429. The van der Waals surface area contributed by atoms with Crippen molar-refractivity contribution in [3.63, 3.8) is 0 Å². The molecular weight excluding hydrogens is 240 g/mol. The summed E-state index contributed by atoms with van der Waals surface area (Å²) in [6.45, 7) is 2.05. The number of hydrogen-bond acceptors (Lipinski definition) is 4. The maximum absolute atomic E-state index is 12.0. The average Bonchev–Trinajstić information content (AvgIpc) is 2.93. The Labute approximate surface area is 113 Å². The van der Waals surface area contributed by atoms with Crippen LogP contribution in [0.3, 0.4) is 0 Å². The number of anilines is 2. The SMILES string of the molecule is CN(CC(=O)N1CCCC1)c1ccc(N)c(C#N)c1. The lowest BCUT2D eigenvalue weighted by molar-refractivity contribution is -0.128. The Hall–Kier alpha value is -2.22. The molecule has 0 radical (unpaired) electrons. The molecule has 0 aromatic heterocycles. The Morgan fingerprint density at radius 2 is 2.16 bits per heavy atom. The van der Waals surface area contributed by atoms with Crippen molar-refractivity contribution in [2.75, 3.05) is 37.3 Å². The number of hydrogen-bond donors (Lipinski definition) is 1. The minimum absolute atomic E-state index is 0.135. The van der Waals surface area contributed by atoms with E-state index in [1.807, 2.05) is 22.9 Å². The highest BCUT2D eigenvalue weighted by atomic mass is 16.2. The molecule has 19 heavy (non-hydrogen) atoms. The lowest BCUT2D eigenvalue weighted by Gasteiger charge is -2.23. The van der Waals surface area contributed by atoms with E-state index >= 15 is 0 Å². The van der Waals surface area contributed by atoms with Crippen LogP contribution in [0.15, 0.2) is 18.2 Å². The van der Waals surface area contributed by atoms with Crippen LogP contribution >= 0.6 is 0 Å². The second-order valence-corrected chi connectivity index (χ2v) is 4.83. The third-order valence-corrected chi connectivity index (χ3v) is 3.43. The van der Waals surface area contributed by atoms with Crippen LogP contribution in [0.25, 0.3) is 0 Å². The molecule has 1 amide bonds. The van der Waals surface area contributed by atoms with Gasteiger partial charge in [-0.2, -0.15) is 5.26 Å². The second-order valence-electron chi connectivity index (χ2n) is 4.83. The van der Waals surface area contributed by atoms with E-state index in [-0.39, 0.29) is 5.91 Å². The summed E-state index contributed by atoms with van der Waals surface area (Å²) in [5.74, 6) is 0.135. The van der Waals surface area contributed by atoms with Gasteiger partial charge in [0.25, 0.3) is 0 Å². The van der Waals surface area contributed by atoms with Gasteiger partial charge in [-0.05, 0) is 31.0 Å². The van der Waals surface area contributed by atoms with Gasteiger partial charge in [0.2, 0.25) is 5.91 Å². The number of carbonyl (C=O) groups is 1. The number of benzene rings is 1. The van der Waals surface area contributed by atoms with Gasteiger partial charge in [0, 0.05) is 31.5 Å². The van der Waals surface area contributed by atoms with Crippen LogP contribution in [0.4, 0.5) is 11.4 Å². The number of likely N-dealkylation sites (N-methyl/N-ethyl adjacent to an activating group) is 1. The molecule has 0 saturated carbocycles. The van der Waals surface area contributed by atoms with Crippen molar-refractivity contribution in [1.82, 2.24) is 4.90 Å². The number of amides is 1. The lowest BCUT2D eigenvalue weighted by atomic mass is 10.1. The van der Waals surface area contributed by atoms with E-state index in [2.05, 4.69) is 6.07 Å². The number of rotatable bonds is 3. The summed E-state index contributed by atoms with van der Waals surface area (Å²) in [6, 6.07) is 7.29. The number of nitrogens with zero attached hydrogens (tertiary/aromatic N) is 3. The predicted octanol–water partition coefficient (Wildman–Crippen LogP) is 1.20. The van der Waals surface area contributed by atoms with Crippen LogP contribution in [0, 0.1) is 11.3 Å². The van der Waals surface area contributed by atoms with Crippen molar-refractivity contribution < 1.29 is 4.79 Å². The minimum Gasteiger partial charge on any atom is -0.398 e. The van der Waals surface area contributed by atoms with Gasteiger partial charge in [0.15, 0.2) is 0 Å². The van der Waals surface area contributed by atoms with Crippen LogP contribution in [0.5, 0.6) is 0 Å². The molecule has 1 aromatic carbocycles. The van der Waals surface area contributed by atoms with Gasteiger partial charge >= 0.3 is 0 Å². The highest BCUT2D eigenvalue weighted by Gasteiger charge is 2.19. The van der Waals surface area contributed by atoms with Crippen molar-refractivity contribution in [3.8, 4) is 6.07 Å². The zero-order valence-electron chi connectivity index (χ0n) is 11.1. The van der Waals surface area contributed by atoms with E-state index in [9.17, 15) is 4.79 Å². The smallest absolute Gasteiger partial charge is 0.242 e. The van der Waals surface area contributed by atoms with Crippen LogP contribution in [0.2, 0.25) is 0 Å². The molecule has 0 atom stereocenters. The van der Waals surface area contributed by atoms with Crippen LogP contribution in [-0.4, -0.2) is 37.5 Å². The molecule has 0 aliphatic carbocycles. The summed E-state index contributed by atoms with van der Waals surface area (Å²) in [4.78, 5) is 15.8. The first kappa shape index (κ1) is 13.2. The van der Waals surface area contributed by atoms with E-state index in [4.69, 9.17) is 11.0 Å². The van der Waals surface area contributed by atoms with Crippen molar-refractivity contribution >= 4 is 17.3 Å². The maximum atomic E-state index is 12.0. The van der Waals surface area contributed by atoms with Gasteiger partial charge in [-0.3, -0.25) is 4.79 Å². The fourth-order valence-corrected chi connectivity index (χ4v) is 2.24. The number of nitrogen functional groups attached to an aromatic ring is 1. The summed E-state index contributed by atoms with van der Waals surface area (Å²) in [5, 5.41) is 8.96. The third kappa shape index (κ3) is 2.97. The van der Waals surface area contributed by atoms with E-state index in [0.717, 1.165) is 31.6 Å². The van der Waals surface area contributed by atoms with Gasteiger partial charge in [0.1, 0.15) is 6.07 Å². The number of nitriles is 1. The molecule has 5 heteroatoms. The summed E-state index contributed by atoms with van der Waals surface area (Å²) >= 11 is 0. The summed E-state index contributed by atoms with van der Waals surface area (Å²) in [7, 11) is 1.85. The molecule has 1 heterocycles. The molecule has 2 N–H and O–H groups in total. The molecule has 5 nitrogen and oxygen atoms in total.